The van der Waals surface area contributed by atoms with Gasteiger partial charge in [-0.15, -0.1) is 11.3 Å². The predicted octanol–water partition coefficient (Wildman–Crippen LogP) is 2.59. The van der Waals surface area contributed by atoms with Gasteiger partial charge in [-0.2, -0.15) is 0 Å². The number of carbonyl (C=O) groups excluding carboxylic acids is 3. The molecule has 1 aromatic carbocycles. The number of hydrogen-bond acceptors (Lipinski definition) is 5. The Kier molecular flexibility index (Phi) is 4.76. The first-order valence-electron chi connectivity index (χ1n) is 7.26. The number of ether oxygens (including phenoxy) is 1. The number of nitrogens with zero attached hydrogens (tertiary/aromatic N) is 1. The molecule has 8 heteroatoms. The lowest BCUT2D eigenvalue weighted by Crippen LogP contribution is -2.41. The van der Waals surface area contributed by atoms with E-state index in [1.54, 1.807) is 6.07 Å². The average Bonchev–Trinajstić information content (AvgIpc) is 3.20. The van der Waals surface area contributed by atoms with Crippen molar-refractivity contribution < 1.29 is 19.1 Å². The molecule has 2 heterocycles. The molecule has 3 rings (SSSR count). The lowest BCUT2D eigenvalue weighted by atomic mass is 10.1. The zero-order valence-corrected chi connectivity index (χ0v) is 13.4. The third kappa shape index (κ3) is 3.72. The van der Waals surface area contributed by atoms with Crippen molar-refractivity contribution in [1.82, 2.24) is 10.2 Å². The molecule has 1 aliphatic heterocycles. The molecule has 0 spiro atoms. The van der Waals surface area contributed by atoms with Crippen LogP contribution in [0.25, 0.3) is 0 Å². The number of cyclic esters (lactones) is 1. The number of benzene rings is 1. The standard InChI is InChI=1S/C16H15N3O4S/c20-14-10-23-16(22)19(14)9-12(11-5-2-1-3-6-11)17-15(21)18-13-7-4-8-24-13/h1-8,12H,9-10H2,(H2,17,18,21). The maximum absolute atomic E-state index is 12.2. The van der Waals surface area contributed by atoms with Crippen LogP contribution in [0.5, 0.6) is 0 Å². The Hall–Kier alpha value is -2.87. The summed E-state index contributed by atoms with van der Waals surface area (Å²) in [7, 11) is 0. The number of imide groups is 1. The van der Waals surface area contributed by atoms with Crippen molar-refractivity contribution in [2.24, 2.45) is 0 Å². The van der Waals surface area contributed by atoms with Crippen molar-refractivity contribution in [3.63, 3.8) is 0 Å². The molecule has 4 amide bonds. The Morgan fingerprint density at radius 1 is 1.21 bits per heavy atom. The van der Waals surface area contributed by atoms with E-state index in [1.165, 1.54) is 11.3 Å². The fraction of sp³-hybridized carbons (Fsp3) is 0.188. The zero-order valence-electron chi connectivity index (χ0n) is 12.6. The molecule has 1 aromatic heterocycles. The van der Waals surface area contributed by atoms with E-state index in [1.807, 2.05) is 41.8 Å². The molecule has 1 unspecified atom stereocenters. The summed E-state index contributed by atoms with van der Waals surface area (Å²) < 4.78 is 4.72. The first-order valence-corrected chi connectivity index (χ1v) is 8.14. The largest absolute Gasteiger partial charge is 0.439 e. The average molecular weight is 345 g/mol. The van der Waals surface area contributed by atoms with Gasteiger partial charge in [-0.1, -0.05) is 30.3 Å². The Labute approximate surface area is 142 Å². The van der Waals surface area contributed by atoms with E-state index in [0.717, 1.165) is 10.5 Å². The molecule has 0 saturated carbocycles. The molecular formula is C16H15N3O4S. The number of urea groups is 1. The van der Waals surface area contributed by atoms with Gasteiger partial charge in [0.2, 0.25) is 0 Å². The Balaban J connectivity index is 1.73. The monoisotopic (exact) mass is 345 g/mol. The van der Waals surface area contributed by atoms with E-state index in [2.05, 4.69) is 10.6 Å². The van der Waals surface area contributed by atoms with E-state index >= 15 is 0 Å². The van der Waals surface area contributed by atoms with Crippen molar-refractivity contribution in [2.75, 3.05) is 18.5 Å². The van der Waals surface area contributed by atoms with E-state index in [0.29, 0.717) is 5.00 Å². The van der Waals surface area contributed by atoms with Gasteiger partial charge in [-0.05, 0) is 23.1 Å². The number of rotatable bonds is 5. The molecule has 1 atom stereocenters. The minimum absolute atomic E-state index is 0.0134. The Bertz CT molecular complexity index is 717. The molecule has 0 bridgehead atoms. The topological polar surface area (TPSA) is 87.7 Å². The van der Waals surface area contributed by atoms with Crippen LogP contribution in [0.4, 0.5) is 14.6 Å². The molecule has 0 radical (unpaired) electrons. The first kappa shape index (κ1) is 16.0. The van der Waals surface area contributed by atoms with Gasteiger partial charge in [0.25, 0.3) is 5.91 Å². The van der Waals surface area contributed by atoms with Crippen LogP contribution in [-0.4, -0.2) is 36.1 Å². The van der Waals surface area contributed by atoms with E-state index in [-0.39, 0.29) is 13.2 Å². The van der Waals surface area contributed by atoms with Crippen LogP contribution >= 0.6 is 11.3 Å². The van der Waals surface area contributed by atoms with Gasteiger partial charge < -0.3 is 10.1 Å². The maximum atomic E-state index is 12.2. The van der Waals surface area contributed by atoms with Crippen molar-refractivity contribution in [1.29, 1.82) is 0 Å². The van der Waals surface area contributed by atoms with Crippen molar-refractivity contribution >= 4 is 34.4 Å². The third-order valence-electron chi connectivity index (χ3n) is 3.47. The molecule has 0 aliphatic carbocycles. The van der Waals surface area contributed by atoms with Gasteiger partial charge in [0.15, 0.2) is 6.61 Å². The second kappa shape index (κ2) is 7.14. The summed E-state index contributed by atoms with van der Waals surface area (Å²) in [5.74, 6) is -0.415. The van der Waals surface area contributed by atoms with Gasteiger partial charge in [0, 0.05) is 0 Å². The van der Waals surface area contributed by atoms with E-state index in [4.69, 9.17) is 4.74 Å². The SMILES string of the molecule is O=C(Nc1cccs1)NC(CN1C(=O)COC1=O)c1ccccc1. The Morgan fingerprint density at radius 2 is 2.00 bits per heavy atom. The molecule has 2 N–H and O–H groups in total. The third-order valence-corrected chi connectivity index (χ3v) is 4.26. The predicted molar refractivity (Wildman–Crippen MR) is 88.7 cm³/mol. The van der Waals surface area contributed by atoms with Crippen molar-refractivity contribution in [3.05, 3.63) is 53.4 Å². The lowest BCUT2D eigenvalue weighted by molar-refractivity contribution is -0.126. The molecule has 124 valence electrons. The van der Waals surface area contributed by atoms with Crippen molar-refractivity contribution in [3.8, 4) is 0 Å². The number of anilines is 1. The molecule has 1 aliphatic rings. The Morgan fingerprint density at radius 3 is 2.62 bits per heavy atom. The number of carbonyl (C=O) groups is 3. The van der Waals surface area contributed by atoms with Crippen LogP contribution in [0.3, 0.4) is 0 Å². The smallest absolute Gasteiger partial charge is 0.417 e. The van der Waals surface area contributed by atoms with Crippen LogP contribution in [0, 0.1) is 0 Å². The number of amides is 4. The summed E-state index contributed by atoms with van der Waals surface area (Å²) in [5, 5.41) is 8.07. The normalized spacial score (nSPS) is 15.1. The lowest BCUT2D eigenvalue weighted by Gasteiger charge is -2.22. The summed E-state index contributed by atoms with van der Waals surface area (Å²) in [5.41, 5.74) is 0.784. The second-order valence-corrected chi connectivity index (χ2v) is 6.05. The van der Waals surface area contributed by atoms with Gasteiger partial charge in [0.05, 0.1) is 17.6 Å². The summed E-state index contributed by atoms with van der Waals surface area (Å²) in [6, 6.07) is 11.8. The minimum atomic E-state index is -0.693. The fourth-order valence-electron chi connectivity index (χ4n) is 2.32. The second-order valence-electron chi connectivity index (χ2n) is 5.10. The van der Waals surface area contributed by atoms with Crippen LogP contribution in [0.2, 0.25) is 0 Å². The van der Waals surface area contributed by atoms with Crippen LogP contribution < -0.4 is 10.6 Å². The molecule has 7 nitrogen and oxygen atoms in total. The quantitative estimate of drug-likeness (QED) is 0.872. The maximum Gasteiger partial charge on any atom is 0.417 e. The highest BCUT2D eigenvalue weighted by Gasteiger charge is 2.33. The highest BCUT2D eigenvalue weighted by Crippen LogP contribution is 2.19. The van der Waals surface area contributed by atoms with E-state index < -0.39 is 24.1 Å². The molecule has 2 aromatic rings. The van der Waals surface area contributed by atoms with Gasteiger partial charge in [0.1, 0.15) is 0 Å². The summed E-state index contributed by atoms with van der Waals surface area (Å²) in [4.78, 5) is 36.6. The highest BCUT2D eigenvalue weighted by atomic mass is 32.1. The molecule has 1 fully saturated rings. The van der Waals surface area contributed by atoms with Gasteiger partial charge in [-0.25, -0.2) is 14.5 Å². The van der Waals surface area contributed by atoms with Gasteiger partial charge in [-0.3, -0.25) is 10.1 Å². The zero-order chi connectivity index (χ0) is 16.9. The van der Waals surface area contributed by atoms with Crippen LogP contribution in [0.15, 0.2) is 47.8 Å². The van der Waals surface area contributed by atoms with E-state index in [9.17, 15) is 14.4 Å². The minimum Gasteiger partial charge on any atom is -0.439 e. The van der Waals surface area contributed by atoms with Crippen LogP contribution in [-0.2, 0) is 9.53 Å². The molecule has 1 saturated heterocycles. The fourth-order valence-corrected chi connectivity index (χ4v) is 2.93. The summed E-state index contributed by atoms with van der Waals surface area (Å²) in [6.45, 7) is -0.249. The first-order chi connectivity index (χ1) is 11.6. The highest BCUT2D eigenvalue weighted by molar-refractivity contribution is 7.14. The number of thiophene rings is 1. The van der Waals surface area contributed by atoms with Gasteiger partial charge >= 0.3 is 12.1 Å². The number of hydrogen-bond donors (Lipinski definition) is 2. The van der Waals surface area contributed by atoms with Crippen molar-refractivity contribution in [2.45, 2.75) is 6.04 Å². The van der Waals surface area contributed by atoms with Crippen LogP contribution in [0.1, 0.15) is 11.6 Å². The summed E-state index contributed by atoms with van der Waals surface area (Å²) >= 11 is 1.40. The summed E-state index contributed by atoms with van der Waals surface area (Å²) in [6.07, 6.45) is -0.693. The number of nitrogens with one attached hydrogen (secondary N) is 2. The molecule has 24 heavy (non-hydrogen) atoms. The molecular weight excluding hydrogens is 330 g/mol.